The van der Waals surface area contributed by atoms with Crippen molar-refractivity contribution in [3.8, 4) is 0 Å². The number of piperidine rings is 1. The van der Waals surface area contributed by atoms with Gasteiger partial charge in [-0.25, -0.2) is 0 Å². The summed E-state index contributed by atoms with van der Waals surface area (Å²) < 4.78 is 5.29. The number of anilines is 1. The van der Waals surface area contributed by atoms with Gasteiger partial charge in [0.25, 0.3) is 5.91 Å². The first-order valence-corrected chi connectivity index (χ1v) is 8.25. The molecule has 3 heterocycles. The fraction of sp³-hybridized carbons (Fsp3) is 0.278. The molecule has 1 fully saturated rings. The van der Waals surface area contributed by atoms with Crippen LogP contribution < -0.4 is 10.6 Å². The molecule has 0 spiro atoms. The Hall–Kier alpha value is -3.13. The van der Waals surface area contributed by atoms with Crippen LogP contribution in [-0.2, 0) is 22.7 Å². The number of fused-ring (bicyclic) bond motifs is 1. The lowest BCUT2D eigenvalue weighted by Gasteiger charge is -2.31. The summed E-state index contributed by atoms with van der Waals surface area (Å²) in [5.74, 6) is -0.570. The van der Waals surface area contributed by atoms with Gasteiger partial charge in [0.2, 0.25) is 5.91 Å². The lowest BCUT2D eigenvalue weighted by molar-refractivity contribution is -0.145. The molecule has 0 radical (unpaired) electrons. The fourth-order valence-corrected chi connectivity index (χ4v) is 3.33. The van der Waals surface area contributed by atoms with Crippen LogP contribution in [0.5, 0.6) is 0 Å². The van der Waals surface area contributed by atoms with Crippen LogP contribution in [0.25, 0.3) is 0 Å². The maximum absolute atomic E-state index is 12.7. The number of carbonyl (C=O) groups is 3. The molecule has 26 heavy (non-hydrogen) atoms. The molecule has 0 aliphatic carbocycles. The van der Waals surface area contributed by atoms with Gasteiger partial charge in [-0.05, 0) is 24.3 Å². The van der Waals surface area contributed by atoms with Gasteiger partial charge in [-0.15, -0.1) is 0 Å². The van der Waals surface area contributed by atoms with Crippen molar-refractivity contribution in [1.82, 2.24) is 10.2 Å². The maximum atomic E-state index is 12.7. The van der Waals surface area contributed by atoms with E-state index in [0.717, 1.165) is 17.0 Å². The van der Waals surface area contributed by atoms with Gasteiger partial charge in [0.15, 0.2) is 12.0 Å². The Morgan fingerprint density at radius 2 is 2.08 bits per heavy atom. The van der Waals surface area contributed by atoms with Crippen LogP contribution in [0.2, 0.25) is 0 Å². The molecule has 2 aliphatic heterocycles. The van der Waals surface area contributed by atoms with Crippen molar-refractivity contribution in [2.45, 2.75) is 31.8 Å². The molecular formula is C18H17N3O5. The van der Waals surface area contributed by atoms with Crippen molar-refractivity contribution in [3.05, 3.63) is 53.5 Å². The average Bonchev–Trinajstić information content (AvgIpc) is 3.25. The van der Waals surface area contributed by atoms with Crippen LogP contribution in [0.3, 0.4) is 0 Å². The summed E-state index contributed by atoms with van der Waals surface area (Å²) in [6.07, 6.45) is -0.100. The van der Waals surface area contributed by atoms with Crippen LogP contribution in [0, 0.1) is 0 Å². The summed E-state index contributed by atoms with van der Waals surface area (Å²) >= 11 is 0. The number of rotatable bonds is 4. The topological polar surface area (TPSA) is 112 Å². The van der Waals surface area contributed by atoms with Gasteiger partial charge in [-0.1, -0.05) is 6.07 Å². The van der Waals surface area contributed by atoms with E-state index < -0.39 is 24.0 Å². The Bertz CT molecular complexity index is 877. The summed E-state index contributed by atoms with van der Waals surface area (Å²) in [6, 6.07) is 8.05. The van der Waals surface area contributed by atoms with Gasteiger partial charge in [0.1, 0.15) is 11.8 Å². The first-order valence-electron chi connectivity index (χ1n) is 8.25. The number of aliphatic hydroxyl groups excluding tert-OH is 1. The molecule has 3 N–H and O–H groups in total. The molecule has 0 bridgehead atoms. The van der Waals surface area contributed by atoms with E-state index in [4.69, 9.17) is 4.42 Å². The van der Waals surface area contributed by atoms with Gasteiger partial charge in [0.05, 0.1) is 12.8 Å². The molecule has 134 valence electrons. The fourth-order valence-electron chi connectivity index (χ4n) is 3.33. The summed E-state index contributed by atoms with van der Waals surface area (Å²) in [7, 11) is 0. The largest absolute Gasteiger partial charge is 0.467 e. The van der Waals surface area contributed by atoms with E-state index in [2.05, 4.69) is 10.6 Å². The number of Topliss-reactive ketones (excluding diaryl/α,β-unsaturated/α-hetero) is 1. The highest BCUT2D eigenvalue weighted by Crippen LogP contribution is 2.32. The predicted octanol–water partition coefficient (Wildman–Crippen LogP) is 0.623. The summed E-state index contributed by atoms with van der Waals surface area (Å²) in [4.78, 5) is 38.0. The van der Waals surface area contributed by atoms with Crippen molar-refractivity contribution in [2.75, 3.05) is 5.32 Å². The molecule has 1 aromatic carbocycles. The minimum atomic E-state index is -1.50. The van der Waals surface area contributed by atoms with E-state index in [9.17, 15) is 19.5 Å². The van der Waals surface area contributed by atoms with Gasteiger partial charge >= 0.3 is 0 Å². The van der Waals surface area contributed by atoms with E-state index >= 15 is 0 Å². The number of benzene rings is 1. The van der Waals surface area contributed by atoms with Gasteiger partial charge in [-0.2, -0.15) is 0 Å². The lowest BCUT2D eigenvalue weighted by Crippen LogP contribution is -2.58. The molecule has 8 nitrogen and oxygen atoms in total. The van der Waals surface area contributed by atoms with Crippen LogP contribution in [0.15, 0.2) is 41.0 Å². The van der Waals surface area contributed by atoms with E-state index in [1.54, 1.807) is 24.5 Å². The molecule has 2 amide bonds. The Morgan fingerprint density at radius 1 is 1.23 bits per heavy atom. The molecule has 8 heteroatoms. The lowest BCUT2D eigenvalue weighted by atomic mass is 10.0. The third-order valence-corrected chi connectivity index (χ3v) is 4.69. The first-order chi connectivity index (χ1) is 12.5. The van der Waals surface area contributed by atoms with E-state index in [1.807, 2.05) is 12.1 Å². The minimum Gasteiger partial charge on any atom is -0.467 e. The van der Waals surface area contributed by atoms with E-state index in [0.29, 0.717) is 12.1 Å². The molecular weight excluding hydrogens is 338 g/mol. The highest BCUT2D eigenvalue weighted by atomic mass is 16.3. The Morgan fingerprint density at radius 3 is 2.85 bits per heavy atom. The Kier molecular flexibility index (Phi) is 3.96. The SMILES string of the molecule is O=C1CC(N2Cc3c(NCc4ccco4)cccc3C2=O)C(=O)NC1O. The molecule has 4 rings (SSSR count). The second kappa shape index (κ2) is 6.30. The van der Waals surface area contributed by atoms with Crippen molar-refractivity contribution in [2.24, 2.45) is 0 Å². The molecule has 0 saturated carbocycles. The second-order valence-corrected chi connectivity index (χ2v) is 6.30. The number of ketones is 1. The summed E-state index contributed by atoms with van der Waals surface area (Å²) in [6.45, 7) is 0.684. The second-order valence-electron chi connectivity index (χ2n) is 6.30. The quantitative estimate of drug-likeness (QED) is 0.741. The zero-order valence-corrected chi connectivity index (χ0v) is 13.8. The number of carbonyl (C=O) groups excluding carboxylic acids is 3. The van der Waals surface area contributed by atoms with Gasteiger partial charge < -0.3 is 25.1 Å². The molecule has 1 aromatic heterocycles. The van der Waals surface area contributed by atoms with Crippen molar-refractivity contribution in [1.29, 1.82) is 0 Å². The van der Waals surface area contributed by atoms with Crippen molar-refractivity contribution >= 4 is 23.3 Å². The molecule has 2 atom stereocenters. The maximum Gasteiger partial charge on any atom is 0.255 e. The number of aliphatic hydroxyl groups is 1. The summed E-state index contributed by atoms with van der Waals surface area (Å²) in [5, 5.41) is 14.9. The molecule has 2 unspecified atom stereocenters. The Balaban J connectivity index is 1.56. The highest BCUT2D eigenvalue weighted by molar-refractivity contribution is 6.05. The number of amides is 2. The predicted molar refractivity (Wildman–Crippen MR) is 89.9 cm³/mol. The number of hydrogen-bond donors (Lipinski definition) is 3. The third-order valence-electron chi connectivity index (χ3n) is 4.69. The number of nitrogens with one attached hydrogen (secondary N) is 2. The zero-order valence-electron chi connectivity index (χ0n) is 13.8. The number of hydrogen-bond acceptors (Lipinski definition) is 6. The normalized spacial score (nSPS) is 22.3. The Labute approximate surface area is 148 Å². The van der Waals surface area contributed by atoms with Crippen LogP contribution in [0.4, 0.5) is 5.69 Å². The minimum absolute atomic E-state index is 0.193. The van der Waals surface area contributed by atoms with Gasteiger partial charge in [0, 0.05) is 29.8 Å². The van der Waals surface area contributed by atoms with Crippen LogP contribution in [0.1, 0.15) is 28.1 Å². The van der Waals surface area contributed by atoms with Crippen LogP contribution in [-0.4, -0.2) is 39.9 Å². The van der Waals surface area contributed by atoms with E-state index in [-0.39, 0.29) is 18.9 Å². The molecule has 2 aliphatic rings. The van der Waals surface area contributed by atoms with E-state index in [1.165, 1.54) is 4.90 Å². The zero-order chi connectivity index (χ0) is 18.3. The average molecular weight is 355 g/mol. The third kappa shape index (κ3) is 2.74. The number of furan rings is 1. The molecule has 1 saturated heterocycles. The monoisotopic (exact) mass is 355 g/mol. The molecule has 2 aromatic rings. The van der Waals surface area contributed by atoms with Crippen LogP contribution >= 0.6 is 0 Å². The smallest absolute Gasteiger partial charge is 0.255 e. The van der Waals surface area contributed by atoms with Gasteiger partial charge in [-0.3, -0.25) is 14.4 Å². The first kappa shape index (κ1) is 16.3. The number of nitrogens with zero attached hydrogens (tertiary/aromatic N) is 1. The van der Waals surface area contributed by atoms with Crippen molar-refractivity contribution in [3.63, 3.8) is 0 Å². The standard InChI is InChI=1S/C18H17N3O5/c22-15-7-14(16(23)20-17(15)24)21-9-12-11(18(21)25)4-1-5-13(12)19-8-10-3-2-6-26-10/h1-6,14,17,19,24H,7-9H2,(H,20,23). The summed E-state index contributed by atoms with van der Waals surface area (Å²) in [5.41, 5.74) is 2.05. The highest BCUT2D eigenvalue weighted by Gasteiger charge is 2.42. The van der Waals surface area contributed by atoms with Crippen molar-refractivity contribution < 1.29 is 23.9 Å².